The lowest BCUT2D eigenvalue weighted by Crippen LogP contribution is -2.39. The Morgan fingerprint density at radius 2 is 2.35 bits per heavy atom. The second-order valence-electron chi connectivity index (χ2n) is 4.60. The second-order valence-corrected chi connectivity index (χ2v) is 5.79. The van der Waals surface area contributed by atoms with Crippen LogP contribution in [0, 0.1) is 6.92 Å². The zero-order chi connectivity index (χ0) is 14.5. The summed E-state index contributed by atoms with van der Waals surface area (Å²) in [7, 11) is 1.35. The molecule has 2 heterocycles. The molecule has 1 aromatic rings. The Kier molecular flexibility index (Phi) is 5.05. The SMILES string of the molecule is COC(=O)C1SCCN1C(=O)CCCn1ccnc1C. The zero-order valence-corrected chi connectivity index (χ0v) is 12.6. The van der Waals surface area contributed by atoms with Gasteiger partial charge in [0, 0.05) is 37.7 Å². The molecule has 0 saturated carbocycles. The molecular formula is C13H19N3O3S. The number of esters is 1. The highest BCUT2D eigenvalue weighted by Crippen LogP contribution is 2.25. The van der Waals surface area contributed by atoms with Crippen LogP contribution in [-0.4, -0.2) is 51.1 Å². The van der Waals surface area contributed by atoms with Gasteiger partial charge in [0.25, 0.3) is 0 Å². The molecule has 1 fully saturated rings. The minimum Gasteiger partial charge on any atom is -0.467 e. The van der Waals surface area contributed by atoms with Crippen LogP contribution in [0.15, 0.2) is 12.4 Å². The van der Waals surface area contributed by atoms with E-state index in [1.807, 2.05) is 17.7 Å². The Morgan fingerprint density at radius 3 is 3.00 bits per heavy atom. The van der Waals surface area contributed by atoms with Crippen LogP contribution in [0.2, 0.25) is 0 Å². The largest absolute Gasteiger partial charge is 0.467 e. The fraction of sp³-hybridized carbons (Fsp3) is 0.615. The van der Waals surface area contributed by atoms with Gasteiger partial charge < -0.3 is 14.2 Å². The number of aryl methyl sites for hydroxylation is 2. The summed E-state index contributed by atoms with van der Waals surface area (Å²) in [6.45, 7) is 3.32. The third kappa shape index (κ3) is 3.33. The fourth-order valence-corrected chi connectivity index (χ4v) is 3.37. The van der Waals surface area contributed by atoms with E-state index in [0.717, 1.165) is 24.5 Å². The number of imidazole rings is 1. The number of ether oxygens (including phenoxy) is 1. The number of hydrogen-bond acceptors (Lipinski definition) is 5. The van der Waals surface area contributed by atoms with Crippen molar-refractivity contribution < 1.29 is 14.3 Å². The molecule has 1 atom stereocenters. The molecule has 1 aliphatic rings. The highest BCUT2D eigenvalue weighted by Gasteiger charge is 2.35. The average Bonchev–Trinajstić information content (AvgIpc) is 3.07. The molecule has 2 rings (SSSR count). The molecule has 0 aromatic carbocycles. The van der Waals surface area contributed by atoms with Crippen molar-refractivity contribution in [3.05, 3.63) is 18.2 Å². The normalized spacial score (nSPS) is 18.3. The summed E-state index contributed by atoms with van der Waals surface area (Å²) in [5.41, 5.74) is 0. The lowest BCUT2D eigenvalue weighted by molar-refractivity contribution is -0.148. The number of carbonyl (C=O) groups excluding carboxylic acids is 2. The molecule has 0 aliphatic carbocycles. The van der Waals surface area contributed by atoms with Gasteiger partial charge in [0.15, 0.2) is 5.37 Å². The molecule has 1 aliphatic heterocycles. The van der Waals surface area contributed by atoms with Crippen LogP contribution in [0.1, 0.15) is 18.7 Å². The Hall–Kier alpha value is -1.50. The van der Waals surface area contributed by atoms with Crippen LogP contribution in [0.25, 0.3) is 0 Å². The number of carbonyl (C=O) groups is 2. The van der Waals surface area contributed by atoms with E-state index in [-0.39, 0.29) is 11.9 Å². The first kappa shape index (κ1) is 14.9. The van der Waals surface area contributed by atoms with E-state index in [9.17, 15) is 9.59 Å². The van der Waals surface area contributed by atoms with Crippen LogP contribution in [0.3, 0.4) is 0 Å². The number of amides is 1. The second kappa shape index (κ2) is 6.78. The third-order valence-corrected chi connectivity index (χ3v) is 4.51. The van der Waals surface area contributed by atoms with Crippen molar-refractivity contribution in [2.45, 2.75) is 31.7 Å². The van der Waals surface area contributed by atoms with Crippen LogP contribution in [-0.2, 0) is 20.9 Å². The molecule has 1 saturated heterocycles. The third-order valence-electron chi connectivity index (χ3n) is 3.33. The molecule has 1 amide bonds. The number of thioether (sulfide) groups is 1. The number of hydrogen-bond donors (Lipinski definition) is 0. The molecule has 110 valence electrons. The predicted molar refractivity (Wildman–Crippen MR) is 76.2 cm³/mol. The van der Waals surface area contributed by atoms with Crippen molar-refractivity contribution in [3.8, 4) is 0 Å². The van der Waals surface area contributed by atoms with Gasteiger partial charge in [-0.3, -0.25) is 4.79 Å². The topological polar surface area (TPSA) is 64.4 Å². The van der Waals surface area contributed by atoms with E-state index in [0.29, 0.717) is 13.0 Å². The quantitative estimate of drug-likeness (QED) is 0.760. The van der Waals surface area contributed by atoms with Gasteiger partial charge in [-0.05, 0) is 13.3 Å². The molecule has 0 bridgehead atoms. The van der Waals surface area contributed by atoms with Crippen molar-refractivity contribution in [1.82, 2.24) is 14.5 Å². The number of aromatic nitrogens is 2. The first-order chi connectivity index (χ1) is 9.63. The maximum atomic E-state index is 12.2. The monoisotopic (exact) mass is 297 g/mol. The summed E-state index contributed by atoms with van der Waals surface area (Å²) < 4.78 is 6.75. The summed E-state index contributed by atoms with van der Waals surface area (Å²) in [6.07, 6.45) is 4.83. The highest BCUT2D eigenvalue weighted by atomic mass is 32.2. The van der Waals surface area contributed by atoms with Crippen LogP contribution < -0.4 is 0 Å². The molecule has 0 spiro atoms. The van der Waals surface area contributed by atoms with E-state index in [2.05, 4.69) is 4.98 Å². The maximum absolute atomic E-state index is 12.2. The standard InChI is InChI=1S/C13H19N3O3S/c1-10-14-5-7-15(10)6-3-4-11(17)16-8-9-20-12(16)13(18)19-2/h5,7,12H,3-4,6,8-9H2,1-2H3. The van der Waals surface area contributed by atoms with Crippen molar-refractivity contribution >= 4 is 23.6 Å². The van der Waals surface area contributed by atoms with E-state index in [1.165, 1.54) is 18.9 Å². The Labute approximate surface area is 122 Å². The van der Waals surface area contributed by atoms with Crippen LogP contribution in [0.5, 0.6) is 0 Å². The molecule has 1 aromatic heterocycles. The van der Waals surface area contributed by atoms with Gasteiger partial charge in [-0.25, -0.2) is 9.78 Å². The van der Waals surface area contributed by atoms with Gasteiger partial charge >= 0.3 is 5.97 Å². The number of nitrogens with zero attached hydrogens (tertiary/aromatic N) is 3. The fourth-order valence-electron chi connectivity index (χ4n) is 2.21. The first-order valence-corrected chi connectivity index (χ1v) is 7.65. The lowest BCUT2D eigenvalue weighted by atomic mass is 10.2. The van der Waals surface area contributed by atoms with Gasteiger partial charge in [-0.2, -0.15) is 0 Å². The van der Waals surface area contributed by atoms with E-state index >= 15 is 0 Å². The summed E-state index contributed by atoms with van der Waals surface area (Å²) >= 11 is 1.46. The number of rotatable bonds is 5. The molecule has 6 nitrogen and oxygen atoms in total. The summed E-state index contributed by atoms with van der Waals surface area (Å²) in [5.74, 6) is 1.41. The van der Waals surface area contributed by atoms with Crippen molar-refractivity contribution in [3.63, 3.8) is 0 Å². The summed E-state index contributed by atoms with van der Waals surface area (Å²) in [5, 5.41) is -0.470. The van der Waals surface area contributed by atoms with Crippen molar-refractivity contribution in [2.24, 2.45) is 0 Å². The first-order valence-electron chi connectivity index (χ1n) is 6.60. The zero-order valence-electron chi connectivity index (χ0n) is 11.7. The van der Waals surface area contributed by atoms with Crippen LogP contribution in [0.4, 0.5) is 0 Å². The van der Waals surface area contributed by atoms with E-state index in [4.69, 9.17) is 4.74 Å². The Balaban J connectivity index is 1.82. The molecule has 0 radical (unpaired) electrons. The predicted octanol–water partition coefficient (Wildman–Crippen LogP) is 1.05. The van der Waals surface area contributed by atoms with Gasteiger partial charge in [-0.1, -0.05) is 0 Å². The van der Waals surface area contributed by atoms with Gasteiger partial charge in [0.2, 0.25) is 5.91 Å². The molecular weight excluding hydrogens is 278 g/mol. The molecule has 7 heteroatoms. The molecule has 20 heavy (non-hydrogen) atoms. The minimum absolute atomic E-state index is 0.0168. The van der Waals surface area contributed by atoms with Crippen molar-refractivity contribution in [2.75, 3.05) is 19.4 Å². The summed E-state index contributed by atoms with van der Waals surface area (Å²) in [4.78, 5) is 29.5. The van der Waals surface area contributed by atoms with Gasteiger partial charge in [0.1, 0.15) is 5.82 Å². The smallest absolute Gasteiger partial charge is 0.339 e. The van der Waals surface area contributed by atoms with E-state index in [1.54, 1.807) is 11.1 Å². The lowest BCUT2D eigenvalue weighted by Gasteiger charge is -2.21. The van der Waals surface area contributed by atoms with Crippen molar-refractivity contribution in [1.29, 1.82) is 0 Å². The number of methoxy groups -OCH3 is 1. The van der Waals surface area contributed by atoms with Gasteiger partial charge in [-0.15, -0.1) is 11.8 Å². The summed E-state index contributed by atoms with van der Waals surface area (Å²) in [6, 6.07) is 0. The highest BCUT2D eigenvalue weighted by molar-refractivity contribution is 8.00. The van der Waals surface area contributed by atoms with Gasteiger partial charge in [0.05, 0.1) is 7.11 Å². The average molecular weight is 297 g/mol. The van der Waals surface area contributed by atoms with E-state index < -0.39 is 5.37 Å². The molecule has 0 N–H and O–H groups in total. The minimum atomic E-state index is -0.470. The Bertz CT molecular complexity index is 489. The maximum Gasteiger partial charge on any atom is 0.339 e. The Morgan fingerprint density at radius 1 is 1.55 bits per heavy atom. The molecule has 1 unspecified atom stereocenters. The van der Waals surface area contributed by atoms with Crippen LogP contribution >= 0.6 is 11.8 Å².